The molecule has 0 fully saturated rings. The molecule has 0 spiro atoms. The number of methoxy groups -OCH3 is 1. The maximum atomic E-state index is 12.4. The van der Waals surface area contributed by atoms with Crippen LogP contribution in [0.25, 0.3) is 10.9 Å². The van der Waals surface area contributed by atoms with E-state index in [-0.39, 0.29) is 17.7 Å². The maximum Gasteiger partial charge on any atom is 0.272 e. The summed E-state index contributed by atoms with van der Waals surface area (Å²) in [7, 11) is 1.60. The lowest BCUT2D eigenvalue weighted by molar-refractivity contribution is -0.118. The number of hydrogen-bond donors (Lipinski definition) is 3. The molecule has 3 rings (SSSR count). The summed E-state index contributed by atoms with van der Waals surface area (Å²) in [5.74, 6) is 0.356. The molecular formula is C20H21N3O3. The van der Waals surface area contributed by atoms with E-state index in [2.05, 4.69) is 15.6 Å². The zero-order valence-electron chi connectivity index (χ0n) is 14.9. The molecule has 0 aliphatic carbocycles. The summed E-state index contributed by atoms with van der Waals surface area (Å²) in [6.07, 6.45) is 0. The van der Waals surface area contributed by atoms with Gasteiger partial charge in [-0.05, 0) is 42.5 Å². The van der Waals surface area contributed by atoms with Gasteiger partial charge in [-0.1, -0.05) is 13.8 Å². The van der Waals surface area contributed by atoms with Gasteiger partial charge in [0, 0.05) is 34.3 Å². The maximum absolute atomic E-state index is 12.4. The third-order valence-electron chi connectivity index (χ3n) is 4.01. The van der Waals surface area contributed by atoms with Gasteiger partial charge in [0.1, 0.15) is 11.4 Å². The molecule has 3 aromatic rings. The Morgan fingerprint density at radius 2 is 1.62 bits per heavy atom. The largest absolute Gasteiger partial charge is 0.497 e. The van der Waals surface area contributed by atoms with Crippen molar-refractivity contribution in [2.75, 3.05) is 17.7 Å². The second-order valence-corrected chi connectivity index (χ2v) is 6.31. The molecule has 0 saturated carbocycles. The number of nitrogens with one attached hydrogen (secondary N) is 3. The van der Waals surface area contributed by atoms with Crippen molar-refractivity contribution in [1.82, 2.24) is 4.98 Å². The fraction of sp³-hybridized carbons (Fsp3) is 0.200. The molecule has 0 bridgehead atoms. The Morgan fingerprint density at radius 3 is 2.23 bits per heavy atom. The fourth-order valence-corrected chi connectivity index (χ4v) is 2.48. The number of fused-ring (bicyclic) bond motifs is 1. The number of anilines is 2. The Labute approximate surface area is 151 Å². The van der Waals surface area contributed by atoms with Gasteiger partial charge in [-0.15, -0.1) is 0 Å². The monoisotopic (exact) mass is 351 g/mol. The number of hydrogen-bond acceptors (Lipinski definition) is 3. The van der Waals surface area contributed by atoms with E-state index >= 15 is 0 Å². The van der Waals surface area contributed by atoms with Crippen LogP contribution in [-0.4, -0.2) is 23.9 Å². The number of ether oxygens (including phenoxy) is 1. The van der Waals surface area contributed by atoms with Gasteiger partial charge in [-0.25, -0.2) is 0 Å². The predicted octanol–water partition coefficient (Wildman–Crippen LogP) is 4.02. The molecule has 3 N–H and O–H groups in total. The number of H-pyrrole nitrogens is 1. The van der Waals surface area contributed by atoms with Crippen molar-refractivity contribution in [1.29, 1.82) is 0 Å². The van der Waals surface area contributed by atoms with Gasteiger partial charge in [0.2, 0.25) is 5.91 Å². The minimum atomic E-state index is -0.237. The Kier molecular flexibility index (Phi) is 4.93. The lowest BCUT2D eigenvalue weighted by Crippen LogP contribution is -2.17. The highest BCUT2D eigenvalue weighted by molar-refractivity contribution is 6.06. The van der Waals surface area contributed by atoms with Crippen LogP contribution in [0.3, 0.4) is 0 Å². The minimum Gasteiger partial charge on any atom is -0.497 e. The first-order valence-electron chi connectivity index (χ1n) is 8.35. The average Bonchev–Trinajstić information content (AvgIpc) is 3.06. The van der Waals surface area contributed by atoms with Crippen LogP contribution in [0, 0.1) is 5.92 Å². The van der Waals surface area contributed by atoms with E-state index in [0.717, 1.165) is 16.7 Å². The first kappa shape index (κ1) is 17.5. The molecule has 0 radical (unpaired) electrons. The van der Waals surface area contributed by atoms with Crippen molar-refractivity contribution in [2.24, 2.45) is 5.92 Å². The van der Waals surface area contributed by atoms with Gasteiger partial charge in [-0.2, -0.15) is 0 Å². The van der Waals surface area contributed by atoms with Crippen LogP contribution >= 0.6 is 0 Å². The molecule has 0 aliphatic heterocycles. The van der Waals surface area contributed by atoms with Crippen molar-refractivity contribution in [3.05, 3.63) is 54.2 Å². The molecule has 6 heteroatoms. The molecule has 2 aromatic carbocycles. The number of benzene rings is 2. The summed E-state index contributed by atoms with van der Waals surface area (Å²) in [6, 6.07) is 14.4. The van der Waals surface area contributed by atoms with E-state index in [1.54, 1.807) is 37.4 Å². The number of rotatable bonds is 5. The van der Waals surface area contributed by atoms with E-state index in [1.165, 1.54) is 0 Å². The standard InChI is InChI=1S/C20H21N3O3/c1-12(2)19(24)21-14-5-7-15(8-6-14)22-20(25)18-10-13-4-9-16(26-3)11-17(13)23-18/h4-12,23H,1-3H3,(H,21,24)(H,22,25). The van der Waals surface area contributed by atoms with Gasteiger partial charge < -0.3 is 20.4 Å². The molecular weight excluding hydrogens is 330 g/mol. The second-order valence-electron chi connectivity index (χ2n) is 6.31. The highest BCUT2D eigenvalue weighted by atomic mass is 16.5. The van der Waals surface area contributed by atoms with Gasteiger partial charge in [0.15, 0.2) is 0 Å². The summed E-state index contributed by atoms with van der Waals surface area (Å²) in [5.41, 5.74) is 2.64. The molecule has 6 nitrogen and oxygen atoms in total. The van der Waals surface area contributed by atoms with Crippen LogP contribution in [0.1, 0.15) is 24.3 Å². The van der Waals surface area contributed by atoms with Gasteiger partial charge >= 0.3 is 0 Å². The van der Waals surface area contributed by atoms with Crippen LogP contribution in [0.4, 0.5) is 11.4 Å². The Balaban J connectivity index is 1.70. The second kappa shape index (κ2) is 7.31. The van der Waals surface area contributed by atoms with Gasteiger partial charge in [-0.3, -0.25) is 9.59 Å². The average molecular weight is 351 g/mol. The van der Waals surface area contributed by atoms with Crippen molar-refractivity contribution in [2.45, 2.75) is 13.8 Å². The van der Waals surface area contributed by atoms with Crippen LogP contribution in [-0.2, 0) is 4.79 Å². The normalized spacial score (nSPS) is 10.8. The van der Waals surface area contributed by atoms with Crippen molar-refractivity contribution < 1.29 is 14.3 Å². The summed E-state index contributed by atoms with van der Waals surface area (Å²) < 4.78 is 5.19. The quantitative estimate of drug-likeness (QED) is 0.649. The third kappa shape index (κ3) is 3.85. The highest BCUT2D eigenvalue weighted by Gasteiger charge is 2.11. The van der Waals surface area contributed by atoms with E-state index in [1.807, 2.05) is 32.0 Å². The fourth-order valence-electron chi connectivity index (χ4n) is 2.48. The molecule has 26 heavy (non-hydrogen) atoms. The number of amides is 2. The van der Waals surface area contributed by atoms with E-state index in [9.17, 15) is 9.59 Å². The lowest BCUT2D eigenvalue weighted by atomic mass is 10.2. The first-order chi connectivity index (χ1) is 12.5. The molecule has 2 amide bonds. The van der Waals surface area contributed by atoms with Crippen LogP contribution in [0.15, 0.2) is 48.5 Å². The van der Waals surface area contributed by atoms with Crippen LogP contribution in [0.2, 0.25) is 0 Å². The first-order valence-corrected chi connectivity index (χ1v) is 8.35. The topological polar surface area (TPSA) is 83.2 Å². The zero-order valence-corrected chi connectivity index (χ0v) is 14.9. The predicted molar refractivity (Wildman–Crippen MR) is 103 cm³/mol. The number of carbonyl (C=O) groups excluding carboxylic acids is 2. The molecule has 1 aromatic heterocycles. The Hall–Kier alpha value is -3.28. The molecule has 0 unspecified atom stereocenters. The Bertz CT molecular complexity index is 943. The summed E-state index contributed by atoms with van der Waals surface area (Å²) in [5, 5.41) is 6.58. The van der Waals surface area contributed by atoms with Gasteiger partial charge in [0.25, 0.3) is 5.91 Å². The van der Waals surface area contributed by atoms with E-state index in [4.69, 9.17) is 4.74 Å². The number of aromatic amines is 1. The number of aromatic nitrogens is 1. The smallest absolute Gasteiger partial charge is 0.272 e. The molecule has 134 valence electrons. The lowest BCUT2D eigenvalue weighted by Gasteiger charge is -2.09. The highest BCUT2D eigenvalue weighted by Crippen LogP contribution is 2.22. The third-order valence-corrected chi connectivity index (χ3v) is 4.01. The molecule has 0 atom stereocenters. The van der Waals surface area contributed by atoms with E-state index < -0.39 is 0 Å². The van der Waals surface area contributed by atoms with Crippen molar-refractivity contribution in [3.8, 4) is 5.75 Å². The van der Waals surface area contributed by atoms with Crippen molar-refractivity contribution >= 4 is 34.1 Å². The SMILES string of the molecule is COc1ccc2cc(C(=O)Nc3ccc(NC(=O)C(C)C)cc3)[nH]c2c1. The summed E-state index contributed by atoms with van der Waals surface area (Å²) in [6.45, 7) is 3.67. The minimum absolute atomic E-state index is 0.0460. The van der Waals surface area contributed by atoms with Crippen molar-refractivity contribution in [3.63, 3.8) is 0 Å². The van der Waals surface area contributed by atoms with Gasteiger partial charge in [0.05, 0.1) is 7.11 Å². The summed E-state index contributed by atoms with van der Waals surface area (Å²) >= 11 is 0. The zero-order chi connectivity index (χ0) is 18.7. The van der Waals surface area contributed by atoms with Crippen LogP contribution in [0.5, 0.6) is 5.75 Å². The molecule has 1 heterocycles. The molecule has 0 saturated heterocycles. The Morgan fingerprint density at radius 1 is 0.962 bits per heavy atom. The number of carbonyl (C=O) groups is 2. The van der Waals surface area contributed by atoms with E-state index in [0.29, 0.717) is 17.1 Å². The van der Waals surface area contributed by atoms with Crippen LogP contribution < -0.4 is 15.4 Å². The summed E-state index contributed by atoms with van der Waals surface area (Å²) in [4.78, 5) is 27.2. The molecule has 0 aliphatic rings.